The molecule has 0 atom stereocenters. The minimum Gasteiger partial charge on any atom is -0.537 e. The van der Waals surface area contributed by atoms with E-state index >= 15 is 0 Å². The number of carboxylic acids is 2. The number of rotatable bonds is 6. The largest absolute Gasteiger partial charge is 2.00 e. The zero-order valence-corrected chi connectivity index (χ0v) is 13.7. The molecule has 0 aromatic rings. The number of unbranched alkanes of at least 4 members (excludes halogenated alkanes) is 6. The summed E-state index contributed by atoms with van der Waals surface area (Å²) in [7, 11) is 0. The molecule has 0 aromatic heterocycles. The van der Waals surface area contributed by atoms with E-state index in [1.54, 1.807) is 0 Å². The van der Waals surface area contributed by atoms with Crippen LogP contribution in [0, 0.1) is 23.7 Å². The second-order valence-electron chi connectivity index (χ2n) is 4.09. The average molecular weight is 334 g/mol. The predicted molar refractivity (Wildman–Crippen MR) is 73.9 cm³/mol. The topological polar surface area (TPSA) is 80.3 Å². The van der Waals surface area contributed by atoms with Gasteiger partial charge in [-0.05, 0) is 24.7 Å². The Balaban J connectivity index is -0.000000295. The summed E-state index contributed by atoms with van der Waals surface area (Å²) in [5, 5.41) is 19.5. The number of aliphatic carboxylic acids is 2. The van der Waals surface area contributed by atoms with Crippen LogP contribution in [0.3, 0.4) is 0 Å². The van der Waals surface area contributed by atoms with Crippen molar-refractivity contribution < 1.29 is 36.9 Å². The van der Waals surface area contributed by atoms with Gasteiger partial charge >= 0.3 is 17.1 Å². The molecular formula is C16H22FeO4. The molecule has 0 heterocycles. The summed E-state index contributed by atoms with van der Waals surface area (Å²) in [5.74, 6) is 6.37. The van der Waals surface area contributed by atoms with E-state index < -0.39 is 11.9 Å². The van der Waals surface area contributed by atoms with Crippen LogP contribution in [0.15, 0.2) is 0 Å². The maximum Gasteiger partial charge on any atom is 2.00 e. The van der Waals surface area contributed by atoms with Crippen LogP contribution in [0.2, 0.25) is 0 Å². The zero-order chi connectivity index (χ0) is 15.6. The van der Waals surface area contributed by atoms with Crippen molar-refractivity contribution in [1.82, 2.24) is 0 Å². The van der Waals surface area contributed by atoms with E-state index in [0.717, 1.165) is 38.5 Å². The first-order valence-corrected chi connectivity index (χ1v) is 6.94. The first kappa shape index (κ1) is 24.6. The molecule has 0 N–H and O–H groups in total. The van der Waals surface area contributed by atoms with Crippen molar-refractivity contribution in [2.45, 2.75) is 65.2 Å². The summed E-state index contributed by atoms with van der Waals surface area (Å²) in [4.78, 5) is 19.5. The van der Waals surface area contributed by atoms with Gasteiger partial charge in [-0.15, -0.1) is 0 Å². The molecule has 0 bridgehead atoms. The molecule has 0 radical (unpaired) electrons. The second-order valence-corrected chi connectivity index (χ2v) is 4.09. The number of carboxylic acid groups (broad SMARTS) is 2. The summed E-state index contributed by atoms with van der Waals surface area (Å²) in [6.07, 6.45) is 7.79. The van der Waals surface area contributed by atoms with Crippen LogP contribution >= 0.6 is 0 Å². The molecule has 118 valence electrons. The van der Waals surface area contributed by atoms with Gasteiger partial charge in [0.1, 0.15) is 11.9 Å². The molecular weight excluding hydrogens is 312 g/mol. The monoisotopic (exact) mass is 334 g/mol. The number of hydrogen-bond donors (Lipinski definition) is 0. The van der Waals surface area contributed by atoms with Crippen molar-refractivity contribution in [3.63, 3.8) is 0 Å². The van der Waals surface area contributed by atoms with E-state index in [-0.39, 0.29) is 17.1 Å². The van der Waals surface area contributed by atoms with Gasteiger partial charge in [0, 0.05) is 12.8 Å². The van der Waals surface area contributed by atoms with Gasteiger partial charge in [-0.25, -0.2) is 0 Å². The Morgan fingerprint density at radius 3 is 1.33 bits per heavy atom. The van der Waals surface area contributed by atoms with E-state index in [2.05, 4.69) is 25.7 Å². The Morgan fingerprint density at radius 1 is 0.762 bits per heavy atom. The summed E-state index contributed by atoms with van der Waals surface area (Å²) in [6, 6.07) is 0. The van der Waals surface area contributed by atoms with Crippen LogP contribution in [0.25, 0.3) is 0 Å². The first-order valence-electron chi connectivity index (χ1n) is 6.94. The third-order valence-corrected chi connectivity index (χ3v) is 2.19. The number of carbonyl (C=O) groups excluding carboxylic acids is 2. The van der Waals surface area contributed by atoms with Crippen molar-refractivity contribution in [1.29, 1.82) is 0 Å². The summed E-state index contributed by atoms with van der Waals surface area (Å²) < 4.78 is 0. The fourth-order valence-electron chi connectivity index (χ4n) is 1.20. The van der Waals surface area contributed by atoms with Gasteiger partial charge in [0.25, 0.3) is 0 Å². The zero-order valence-electron chi connectivity index (χ0n) is 12.6. The summed E-state index contributed by atoms with van der Waals surface area (Å²) in [5.41, 5.74) is 0. The Morgan fingerprint density at radius 2 is 1.10 bits per heavy atom. The molecule has 0 amide bonds. The van der Waals surface area contributed by atoms with Crippen LogP contribution in [0.5, 0.6) is 0 Å². The third kappa shape index (κ3) is 32.3. The smallest absolute Gasteiger partial charge is 0.537 e. The van der Waals surface area contributed by atoms with E-state index in [4.69, 9.17) is 0 Å². The van der Waals surface area contributed by atoms with Gasteiger partial charge in [0.15, 0.2) is 0 Å². The number of carbonyl (C=O) groups is 2. The van der Waals surface area contributed by atoms with Gasteiger partial charge < -0.3 is 19.8 Å². The maximum absolute atomic E-state index is 9.75. The molecule has 0 aromatic carbocycles. The first-order chi connectivity index (χ1) is 9.54. The van der Waals surface area contributed by atoms with Gasteiger partial charge in [-0.3, -0.25) is 0 Å². The normalized spacial score (nSPS) is 7.71. The molecule has 4 nitrogen and oxygen atoms in total. The Bertz CT molecular complexity index is 345. The van der Waals surface area contributed by atoms with Gasteiger partial charge in [0.05, 0.1) is 0 Å². The molecule has 0 aliphatic carbocycles. The summed E-state index contributed by atoms with van der Waals surface area (Å²) >= 11 is 0. The molecule has 0 aliphatic heterocycles. The molecule has 0 spiro atoms. The van der Waals surface area contributed by atoms with Gasteiger partial charge in [-0.2, -0.15) is 0 Å². The van der Waals surface area contributed by atoms with Crippen molar-refractivity contribution >= 4 is 11.9 Å². The van der Waals surface area contributed by atoms with Gasteiger partial charge in [-0.1, -0.05) is 51.4 Å². The van der Waals surface area contributed by atoms with E-state index in [1.165, 1.54) is 0 Å². The van der Waals surface area contributed by atoms with Crippen molar-refractivity contribution in [2.24, 2.45) is 0 Å². The van der Waals surface area contributed by atoms with E-state index in [1.807, 2.05) is 11.8 Å². The minimum absolute atomic E-state index is 0. The minimum atomic E-state index is -1.28. The third-order valence-electron chi connectivity index (χ3n) is 2.19. The maximum atomic E-state index is 9.75. The average Bonchev–Trinajstić information content (AvgIpc) is 2.38. The molecule has 0 saturated heterocycles. The Labute approximate surface area is 138 Å². The Hall–Kier alpha value is -1.42. The van der Waals surface area contributed by atoms with Crippen LogP contribution in [-0.4, -0.2) is 11.9 Å². The van der Waals surface area contributed by atoms with Crippen LogP contribution in [0.4, 0.5) is 0 Å². The van der Waals surface area contributed by atoms with Gasteiger partial charge in [0.2, 0.25) is 0 Å². The van der Waals surface area contributed by atoms with Crippen molar-refractivity contribution in [2.75, 3.05) is 0 Å². The molecule has 5 heteroatoms. The fraction of sp³-hybridized carbons (Fsp3) is 0.625. The van der Waals surface area contributed by atoms with Crippen LogP contribution in [0.1, 0.15) is 65.2 Å². The quantitative estimate of drug-likeness (QED) is 0.406. The molecule has 0 fully saturated rings. The molecule has 0 saturated carbocycles. The van der Waals surface area contributed by atoms with E-state index in [0.29, 0.717) is 12.8 Å². The number of hydrogen-bond acceptors (Lipinski definition) is 4. The SMILES string of the molecule is CCCCCC#CC(=O)[O-].CCCCCC#CC(=O)[O-].[Fe+2]. The van der Waals surface area contributed by atoms with Crippen LogP contribution in [-0.2, 0) is 26.7 Å². The predicted octanol–water partition coefficient (Wildman–Crippen LogP) is 0.638. The second kappa shape index (κ2) is 20.9. The fourth-order valence-corrected chi connectivity index (χ4v) is 1.20. The molecule has 0 rings (SSSR count). The summed E-state index contributed by atoms with van der Waals surface area (Å²) in [6.45, 7) is 4.18. The van der Waals surface area contributed by atoms with Crippen molar-refractivity contribution in [3.05, 3.63) is 0 Å². The molecule has 0 aliphatic rings. The standard InChI is InChI=1S/2C8H12O2.Fe/c2*1-2-3-4-5-6-7-8(9)10;/h2*2-5H2,1H3,(H,9,10);/q;;+2/p-2. The van der Waals surface area contributed by atoms with E-state index in [9.17, 15) is 19.8 Å². The molecule has 21 heavy (non-hydrogen) atoms. The Kier molecular flexibility index (Phi) is 24.5. The molecule has 0 unspecified atom stereocenters. The van der Waals surface area contributed by atoms with Crippen molar-refractivity contribution in [3.8, 4) is 23.7 Å². The van der Waals surface area contributed by atoms with Crippen LogP contribution < -0.4 is 10.2 Å².